The number of nitrogens with one attached hydrogen (secondary N) is 1. The van der Waals surface area contributed by atoms with Gasteiger partial charge < -0.3 is 10.1 Å². The highest BCUT2D eigenvalue weighted by Gasteiger charge is 2.15. The SMILES string of the molecule is CC(C)Oc1ccccc1C(C)NCCC1CCCCC1. The molecule has 1 aromatic carbocycles. The summed E-state index contributed by atoms with van der Waals surface area (Å²) in [6, 6.07) is 8.76. The Kier molecular flexibility index (Phi) is 6.56. The van der Waals surface area contributed by atoms with Crippen LogP contribution >= 0.6 is 0 Å². The molecule has 0 radical (unpaired) electrons. The van der Waals surface area contributed by atoms with Crippen LogP contribution in [0.4, 0.5) is 0 Å². The van der Waals surface area contributed by atoms with Gasteiger partial charge >= 0.3 is 0 Å². The molecule has 0 aliphatic heterocycles. The van der Waals surface area contributed by atoms with E-state index in [1.165, 1.54) is 44.1 Å². The maximum atomic E-state index is 5.92. The van der Waals surface area contributed by atoms with Crippen molar-refractivity contribution >= 4 is 0 Å². The van der Waals surface area contributed by atoms with Crippen molar-refractivity contribution in [3.8, 4) is 5.75 Å². The van der Waals surface area contributed by atoms with E-state index in [9.17, 15) is 0 Å². The largest absolute Gasteiger partial charge is 0.491 e. The summed E-state index contributed by atoms with van der Waals surface area (Å²) in [6.45, 7) is 7.52. The molecule has 1 atom stereocenters. The fraction of sp³-hybridized carbons (Fsp3) is 0.684. The van der Waals surface area contributed by atoms with Crippen LogP contribution in [0.1, 0.15) is 70.9 Å². The average Bonchev–Trinajstić information content (AvgIpc) is 2.48. The van der Waals surface area contributed by atoms with Crippen LogP contribution < -0.4 is 10.1 Å². The minimum atomic E-state index is 0.223. The predicted molar refractivity (Wildman–Crippen MR) is 89.8 cm³/mol. The Morgan fingerprint density at radius 3 is 2.52 bits per heavy atom. The van der Waals surface area contributed by atoms with Gasteiger partial charge in [-0.25, -0.2) is 0 Å². The minimum absolute atomic E-state index is 0.223. The first-order valence-electron chi connectivity index (χ1n) is 8.65. The summed E-state index contributed by atoms with van der Waals surface area (Å²) in [5, 5.41) is 3.68. The maximum Gasteiger partial charge on any atom is 0.124 e. The monoisotopic (exact) mass is 289 g/mol. The van der Waals surface area contributed by atoms with Crippen molar-refractivity contribution in [3.63, 3.8) is 0 Å². The minimum Gasteiger partial charge on any atom is -0.491 e. The van der Waals surface area contributed by atoms with Gasteiger partial charge in [0.05, 0.1) is 6.10 Å². The molecule has 0 spiro atoms. The second-order valence-corrected chi connectivity index (χ2v) is 6.67. The van der Waals surface area contributed by atoms with Crippen LogP contribution in [0, 0.1) is 5.92 Å². The topological polar surface area (TPSA) is 21.3 Å². The van der Waals surface area contributed by atoms with Crippen molar-refractivity contribution in [1.29, 1.82) is 0 Å². The van der Waals surface area contributed by atoms with E-state index >= 15 is 0 Å². The third-order valence-electron chi connectivity index (χ3n) is 4.48. The Morgan fingerprint density at radius 2 is 1.81 bits per heavy atom. The highest BCUT2D eigenvalue weighted by atomic mass is 16.5. The average molecular weight is 289 g/mol. The summed E-state index contributed by atoms with van der Waals surface area (Å²) in [4.78, 5) is 0. The molecular weight excluding hydrogens is 258 g/mol. The Morgan fingerprint density at radius 1 is 1.10 bits per heavy atom. The molecular formula is C19H31NO. The van der Waals surface area contributed by atoms with Gasteiger partial charge in [0, 0.05) is 11.6 Å². The molecule has 0 saturated heterocycles. The van der Waals surface area contributed by atoms with E-state index in [2.05, 4.69) is 50.4 Å². The third kappa shape index (κ3) is 5.35. The van der Waals surface area contributed by atoms with Gasteiger partial charge in [-0.15, -0.1) is 0 Å². The molecule has 2 nitrogen and oxygen atoms in total. The van der Waals surface area contributed by atoms with Crippen molar-refractivity contribution in [3.05, 3.63) is 29.8 Å². The summed E-state index contributed by atoms with van der Waals surface area (Å²) in [5.74, 6) is 1.96. The van der Waals surface area contributed by atoms with Crippen LogP contribution in [-0.4, -0.2) is 12.6 Å². The van der Waals surface area contributed by atoms with E-state index in [1.54, 1.807) is 0 Å². The lowest BCUT2D eigenvalue weighted by molar-refractivity contribution is 0.237. The molecule has 118 valence electrons. The maximum absolute atomic E-state index is 5.92. The van der Waals surface area contributed by atoms with Gasteiger partial charge in [-0.05, 0) is 45.7 Å². The third-order valence-corrected chi connectivity index (χ3v) is 4.48. The second kappa shape index (κ2) is 8.43. The second-order valence-electron chi connectivity index (χ2n) is 6.67. The lowest BCUT2D eigenvalue weighted by Crippen LogP contribution is -2.23. The summed E-state index contributed by atoms with van der Waals surface area (Å²) in [6.07, 6.45) is 8.72. The number of benzene rings is 1. The van der Waals surface area contributed by atoms with Crippen LogP contribution in [0.15, 0.2) is 24.3 Å². The van der Waals surface area contributed by atoms with Gasteiger partial charge in [0.25, 0.3) is 0 Å². The van der Waals surface area contributed by atoms with Crippen LogP contribution in [0.2, 0.25) is 0 Å². The van der Waals surface area contributed by atoms with Gasteiger partial charge in [0.1, 0.15) is 5.75 Å². The Bertz CT molecular complexity index is 410. The molecule has 2 rings (SSSR count). The molecule has 2 heteroatoms. The van der Waals surface area contributed by atoms with E-state index in [-0.39, 0.29) is 6.10 Å². The van der Waals surface area contributed by atoms with Crippen LogP contribution in [0.5, 0.6) is 5.75 Å². The smallest absolute Gasteiger partial charge is 0.124 e. The van der Waals surface area contributed by atoms with Crippen molar-refractivity contribution < 1.29 is 4.74 Å². The summed E-state index contributed by atoms with van der Waals surface area (Å²) in [7, 11) is 0. The molecule has 1 aliphatic carbocycles. The Hall–Kier alpha value is -1.02. The van der Waals surface area contributed by atoms with E-state index in [0.29, 0.717) is 6.04 Å². The molecule has 0 aromatic heterocycles. The highest BCUT2D eigenvalue weighted by molar-refractivity contribution is 5.35. The zero-order valence-corrected chi connectivity index (χ0v) is 13.9. The first kappa shape index (κ1) is 16.4. The fourth-order valence-electron chi connectivity index (χ4n) is 3.29. The zero-order chi connectivity index (χ0) is 15.1. The Labute approximate surface area is 130 Å². The number of ether oxygens (including phenoxy) is 1. The first-order valence-corrected chi connectivity index (χ1v) is 8.65. The molecule has 0 bridgehead atoms. The standard InChI is InChI=1S/C19H31NO/c1-15(2)21-19-12-8-7-11-18(19)16(3)20-14-13-17-9-5-4-6-10-17/h7-8,11-12,15-17,20H,4-6,9-10,13-14H2,1-3H3. The first-order chi connectivity index (χ1) is 10.2. The van der Waals surface area contributed by atoms with Gasteiger partial charge in [-0.1, -0.05) is 50.3 Å². The molecule has 0 amide bonds. The van der Waals surface area contributed by atoms with Crippen molar-refractivity contribution in [2.45, 2.75) is 71.4 Å². The molecule has 1 saturated carbocycles. The van der Waals surface area contributed by atoms with E-state index in [1.807, 2.05) is 0 Å². The number of para-hydroxylation sites is 1. The molecule has 1 fully saturated rings. The number of rotatable bonds is 7. The summed E-state index contributed by atoms with van der Waals surface area (Å²) < 4.78 is 5.92. The molecule has 1 unspecified atom stereocenters. The van der Waals surface area contributed by atoms with Crippen molar-refractivity contribution in [2.75, 3.05) is 6.54 Å². The van der Waals surface area contributed by atoms with Gasteiger partial charge in [-0.2, -0.15) is 0 Å². The van der Waals surface area contributed by atoms with Crippen LogP contribution in [-0.2, 0) is 0 Å². The van der Waals surface area contributed by atoms with Crippen molar-refractivity contribution in [1.82, 2.24) is 5.32 Å². The van der Waals surface area contributed by atoms with E-state index < -0.39 is 0 Å². The fourth-order valence-corrected chi connectivity index (χ4v) is 3.29. The molecule has 1 N–H and O–H groups in total. The van der Waals surface area contributed by atoms with Crippen LogP contribution in [0.25, 0.3) is 0 Å². The molecule has 0 heterocycles. The predicted octanol–water partition coefficient (Wildman–Crippen LogP) is 5.09. The van der Waals surface area contributed by atoms with Crippen molar-refractivity contribution in [2.24, 2.45) is 5.92 Å². The summed E-state index contributed by atoms with van der Waals surface area (Å²) in [5.41, 5.74) is 1.27. The molecule has 1 aromatic rings. The lowest BCUT2D eigenvalue weighted by Gasteiger charge is -2.23. The molecule has 1 aliphatic rings. The quantitative estimate of drug-likeness (QED) is 0.754. The lowest BCUT2D eigenvalue weighted by atomic mass is 9.87. The molecule has 21 heavy (non-hydrogen) atoms. The van der Waals surface area contributed by atoms with E-state index in [4.69, 9.17) is 4.74 Å². The summed E-state index contributed by atoms with van der Waals surface area (Å²) >= 11 is 0. The van der Waals surface area contributed by atoms with Crippen LogP contribution in [0.3, 0.4) is 0 Å². The zero-order valence-electron chi connectivity index (χ0n) is 13.9. The van der Waals surface area contributed by atoms with E-state index in [0.717, 1.165) is 18.2 Å². The highest BCUT2D eigenvalue weighted by Crippen LogP contribution is 2.28. The van der Waals surface area contributed by atoms with Gasteiger partial charge in [0.15, 0.2) is 0 Å². The number of hydrogen-bond donors (Lipinski definition) is 1. The number of hydrogen-bond acceptors (Lipinski definition) is 2. The normalized spacial score (nSPS) is 17.9. The van der Waals surface area contributed by atoms with Gasteiger partial charge in [0.2, 0.25) is 0 Å². The Balaban J connectivity index is 1.83. The van der Waals surface area contributed by atoms with Gasteiger partial charge in [-0.3, -0.25) is 0 Å².